The van der Waals surface area contributed by atoms with Gasteiger partial charge in [-0.2, -0.15) is 0 Å². The van der Waals surface area contributed by atoms with Crippen LogP contribution >= 0.6 is 0 Å². The van der Waals surface area contributed by atoms with Gasteiger partial charge in [0.2, 0.25) is 5.91 Å². The van der Waals surface area contributed by atoms with E-state index in [1.165, 1.54) is 29.2 Å². The zero-order chi connectivity index (χ0) is 18.8. The molecule has 2 aromatic rings. The molecule has 27 heavy (non-hydrogen) atoms. The first-order valence-corrected chi connectivity index (χ1v) is 9.40. The predicted molar refractivity (Wildman–Crippen MR) is 98.3 cm³/mol. The number of carbonyl (C=O) groups excluding carboxylic acids is 2. The van der Waals surface area contributed by atoms with Gasteiger partial charge in [0, 0.05) is 18.0 Å². The Kier molecular flexibility index (Phi) is 5.03. The molecular weight excluding hydrogens is 345 g/mol. The number of likely N-dealkylation sites (tertiary alicyclic amines) is 1. The summed E-state index contributed by atoms with van der Waals surface area (Å²) in [7, 11) is 0. The number of benzene rings is 2. The van der Waals surface area contributed by atoms with Gasteiger partial charge >= 0.3 is 0 Å². The number of carbonyl (C=O) groups is 2. The SMILES string of the molecule is O=C(c1ccc(F)cc1)N1CCC2C(OCc3ccccc3)CCC2C1=O. The number of nitrogens with zero attached hydrogens (tertiary/aromatic N) is 1. The molecule has 1 aliphatic heterocycles. The maximum Gasteiger partial charge on any atom is 0.260 e. The molecule has 2 fully saturated rings. The van der Waals surface area contributed by atoms with Gasteiger partial charge in [-0.25, -0.2) is 4.39 Å². The van der Waals surface area contributed by atoms with Crippen molar-refractivity contribution < 1.29 is 18.7 Å². The standard InChI is InChI=1S/C22H22FNO3/c23-17-8-6-16(7-9-17)21(25)24-13-12-18-19(22(24)26)10-11-20(18)27-14-15-4-2-1-3-5-15/h1-9,18-20H,10-14H2. The van der Waals surface area contributed by atoms with Crippen molar-refractivity contribution in [2.45, 2.75) is 32.0 Å². The van der Waals surface area contributed by atoms with Crippen molar-refractivity contribution >= 4 is 11.8 Å². The molecule has 3 unspecified atom stereocenters. The van der Waals surface area contributed by atoms with E-state index in [9.17, 15) is 14.0 Å². The third-order valence-corrected chi connectivity index (χ3v) is 5.67. The summed E-state index contributed by atoms with van der Waals surface area (Å²) in [4.78, 5) is 26.9. The Labute approximate surface area is 157 Å². The van der Waals surface area contributed by atoms with E-state index in [-0.39, 0.29) is 29.8 Å². The first-order chi connectivity index (χ1) is 13.1. The Morgan fingerprint density at radius 1 is 1.04 bits per heavy atom. The van der Waals surface area contributed by atoms with Crippen LogP contribution in [-0.4, -0.2) is 29.4 Å². The maximum atomic E-state index is 13.1. The van der Waals surface area contributed by atoms with Gasteiger partial charge in [0.25, 0.3) is 5.91 Å². The molecule has 140 valence electrons. The third-order valence-electron chi connectivity index (χ3n) is 5.67. The molecule has 2 amide bonds. The van der Waals surface area contributed by atoms with Crippen LogP contribution in [0.1, 0.15) is 35.2 Å². The van der Waals surface area contributed by atoms with Gasteiger partial charge in [0.15, 0.2) is 0 Å². The lowest BCUT2D eigenvalue weighted by Crippen LogP contribution is -2.48. The van der Waals surface area contributed by atoms with Crippen LogP contribution in [-0.2, 0) is 16.1 Å². The highest BCUT2D eigenvalue weighted by Gasteiger charge is 2.46. The van der Waals surface area contributed by atoms with Gasteiger partial charge < -0.3 is 4.74 Å². The molecule has 0 N–H and O–H groups in total. The van der Waals surface area contributed by atoms with Crippen LogP contribution < -0.4 is 0 Å². The minimum atomic E-state index is -0.397. The largest absolute Gasteiger partial charge is 0.373 e. The highest BCUT2D eigenvalue weighted by Crippen LogP contribution is 2.41. The van der Waals surface area contributed by atoms with Crippen molar-refractivity contribution in [2.75, 3.05) is 6.54 Å². The summed E-state index contributed by atoms with van der Waals surface area (Å²) in [6, 6.07) is 15.3. The molecule has 1 heterocycles. The van der Waals surface area contributed by atoms with E-state index in [2.05, 4.69) is 0 Å². The third kappa shape index (κ3) is 3.65. The summed E-state index contributed by atoms with van der Waals surface area (Å²) in [5, 5.41) is 0. The van der Waals surface area contributed by atoms with Gasteiger partial charge in [-0.15, -0.1) is 0 Å². The summed E-state index contributed by atoms with van der Waals surface area (Å²) in [6.07, 6.45) is 2.40. The van der Waals surface area contributed by atoms with E-state index in [0.717, 1.165) is 24.8 Å². The Hall–Kier alpha value is -2.53. The van der Waals surface area contributed by atoms with Crippen molar-refractivity contribution in [3.63, 3.8) is 0 Å². The van der Waals surface area contributed by atoms with E-state index in [1.54, 1.807) is 0 Å². The Balaban J connectivity index is 1.40. The van der Waals surface area contributed by atoms with Gasteiger partial charge in [-0.3, -0.25) is 14.5 Å². The average molecular weight is 367 g/mol. The second-order valence-corrected chi connectivity index (χ2v) is 7.27. The molecule has 1 aliphatic carbocycles. The predicted octanol–water partition coefficient (Wildman–Crippen LogP) is 3.81. The molecule has 0 aromatic heterocycles. The summed E-state index contributed by atoms with van der Waals surface area (Å²) < 4.78 is 19.2. The van der Waals surface area contributed by atoms with E-state index in [1.807, 2.05) is 30.3 Å². The van der Waals surface area contributed by atoms with E-state index >= 15 is 0 Å². The number of imide groups is 1. The van der Waals surface area contributed by atoms with Crippen LogP contribution in [0.15, 0.2) is 54.6 Å². The van der Waals surface area contributed by atoms with Crippen LogP contribution in [0, 0.1) is 17.7 Å². The lowest BCUT2D eigenvalue weighted by Gasteiger charge is -2.35. The van der Waals surface area contributed by atoms with Gasteiger partial charge in [0.05, 0.1) is 12.7 Å². The lowest BCUT2D eigenvalue weighted by atomic mass is 9.86. The van der Waals surface area contributed by atoms with Gasteiger partial charge in [-0.1, -0.05) is 30.3 Å². The second kappa shape index (κ2) is 7.61. The van der Waals surface area contributed by atoms with Crippen molar-refractivity contribution in [1.82, 2.24) is 4.90 Å². The van der Waals surface area contributed by atoms with E-state index in [4.69, 9.17) is 4.74 Å². The number of amides is 2. The van der Waals surface area contributed by atoms with Crippen molar-refractivity contribution in [2.24, 2.45) is 11.8 Å². The number of piperidine rings is 1. The van der Waals surface area contributed by atoms with Crippen LogP contribution in [0.2, 0.25) is 0 Å². The molecule has 4 nitrogen and oxygen atoms in total. The molecule has 2 aliphatic rings. The molecule has 3 atom stereocenters. The number of rotatable bonds is 4. The molecule has 5 heteroatoms. The molecule has 0 radical (unpaired) electrons. The number of hydrogen-bond donors (Lipinski definition) is 0. The molecular formula is C22H22FNO3. The van der Waals surface area contributed by atoms with Crippen LogP contribution in [0.25, 0.3) is 0 Å². The quantitative estimate of drug-likeness (QED) is 0.772. The number of hydrogen-bond acceptors (Lipinski definition) is 3. The fourth-order valence-corrected chi connectivity index (χ4v) is 4.25. The number of ether oxygens (including phenoxy) is 1. The summed E-state index contributed by atoms with van der Waals surface area (Å²) in [6.45, 7) is 0.933. The van der Waals surface area contributed by atoms with Crippen molar-refractivity contribution in [3.05, 3.63) is 71.5 Å². The lowest BCUT2D eigenvalue weighted by molar-refractivity contribution is -0.139. The average Bonchev–Trinajstić information content (AvgIpc) is 3.11. The molecule has 0 spiro atoms. The normalized spacial score (nSPS) is 24.7. The molecule has 1 saturated heterocycles. The highest BCUT2D eigenvalue weighted by molar-refractivity contribution is 6.05. The number of halogens is 1. The Bertz CT molecular complexity index is 821. The highest BCUT2D eigenvalue weighted by atomic mass is 19.1. The molecule has 4 rings (SSSR count). The van der Waals surface area contributed by atoms with E-state index in [0.29, 0.717) is 18.7 Å². The Morgan fingerprint density at radius 3 is 2.52 bits per heavy atom. The fraction of sp³-hybridized carbons (Fsp3) is 0.364. The maximum absolute atomic E-state index is 13.1. The zero-order valence-corrected chi connectivity index (χ0v) is 15.0. The minimum absolute atomic E-state index is 0.0576. The van der Waals surface area contributed by atoms with Crippen LogP contribution in [0.5, 0.6) is 0 Å². The van der Waals surface area contributed by atoms with E-state index < -0.39 is 5.82 Å². The van der Waals surface area contributed by atoms with Crippen LogP contribution in [0.3, 0.4) is 0 Å². The second-order valence-electron chi connectivity index (χ2n) is 7.27. The summed E-state index contributed by atoms with van der Waals surface area (Å²) >= 11 is 0. The molecule has 0 bridgehead atoms. The van der Waals surface area contributed by atoms with Crippen LogP contribution in [0.4, 0.5) is 4.39 Å². The number of fused-ring (bicyclic) bond motifs is 1. The summed E-state index contributed by atoms with van der Waals surface area (Å²) in [5.74, 6) is -0.855. The van der Waals surface area contributed by atoms with Crippen molar-refractivity contribution in [1.29, 1.82) is 0 Å². The summed E-state index contributed by atoms with van der Waals surface area (Å²) in [5.41, 5.74) is 1.47. The first-order valence-electron chi connectivity index (χ1n) is 9.40. The monoisotopic (exact) mass is 367 g/mol. The Morgan fingerprint density at radius 2 is 1.78 bits per heavy atom. The molecule has 1 saturated carbocycles. The first kappa shape index (κ1) is 17.9. The van der Waals surface area contributed by atoms with Gasteiger partial charge in [-0.05, 0) is 55.0 Å². The zero-order valence-electron chi connectivity index (χ0n) is 15.0. The topological polar surface area (TPSA) is 46.6 Å². The smallest absolute Gasteiger partial charge is 0.260 e. The fourth-order valence-electron chi connectivity index (χ4n) is 4.25. The van der Waals surface area contributed by atoms with Crippen molar-refractivity contribution in [3.8, 4) is 0 Å². The minimum Gasteiger partial charge on any atom is -0.373 e. The van der Waals surface area contributed by atoms with Gasteiger partial charge in [0.1, 0.15) is 5.82 Å². The molecule has 2 aromatic carbocycles.